The molecule has 0 radical (unpaired) electrons. The van der Waals surface area contributed by atoms with Crippen molar-refractivity contribution in [2.24, 2.45) is 17.8 Å². The summed E-state index contributed by atoms with van der Waals surface area (Å²) in [7, 11) is 0. The minimum Gasteiger partial charge on any atom is -0.481 e. The minimum atomic E-state index is -0.724. The zero-order valence-electron chi connectivity index (χ0n) is 16.0. The van der Waals surface area contributed by atoms with Crippen LogP contribution < -0.4 is 0 Å². The number of unbranched alkanes of at least 4 members (excludes halogenated alkanes) is 10. The number of carboxylic acids is 2. The molecule has 4 nitrogen and oxygen atoms in total. The minimum absolute atomic E-state index is 0.108. The van der Waals surface area contributed by atoms with E-state index in [0.29, 0.717) is 11.8 Å². The van der Waals surface area contributed by atoms with E-state index >= 15 is 0 Å². The van der Waals surface area contributed by atoms with E-state index in [1.807, 2.05) is 0 Å². The first-order valence-electron chi connectivity index (χ1n) is 10.5. The molecule has 1 fully saturated rings. The van der Waals surface area contributed by atoms with E-state index in [1.54, 1.807) is 0 Å². The quantitative estimate of drug-likeness (QED) is 0.319. The highest BCUT2D eigenvalue weighted by Gasteiger charge is 2.53. The maximum absolute atomic E-state index is 11.4. The van der Waals surface area contributed by atoms with E-state index in [4.69, 9.17) is 5.11 Å². The number of rotatable bonds is 17. The molecule has 1 aliphatic carbocycles. The van der Waals surface area contributed by atoms with Crippen LogP contribution in [0.25, 0.3) is 0 Å². The van der Waals surface area contributed by atoms with Gasteiger partial charge in [-0.25, -0.2) is 0 Å². The van der Waals surface area contributed by atoms with Gasteiger partial charge >= 0.3 is 11.9 Å². The van der Waals surface area contributed by atoms with Gasteiger partial charge in [0.1, 0.15) is 0 Å². The van der Waals surface area contributed by atoms with Crippen molar-refractivity contribution >= 4 is 11.9 Å². The van der Waals surface area contributed by atoms with E-state index < -0.39 is 11.9 Å². The van der Waals surface area contributed by atoms with Gasteiger partial charge < -0.3 is 10.2 Å². The average molecular weight is 355 g/mol. The second-order valence-corrected chi connectivity index (χ2v) is 7.80. The van der Waals surface area contributed by atoms with E-state index in [1.165, 1.54) is 51.4 Å². The van der Waals surface area contributed by atoms with E-state index in [2.05, 4.69) is 6.92 Å². The summed E-state index contributed by atoms with van der Waals surface area (Å²) in [6.45, 7) is 2.24. The second-order valence-electron chi connectivity index (χ2n) is 7.80. The third-order valence-electron chi connectivity index (χ3n) is 5.69. The molecule has 2 N–H and O–H groups in total. The maximum Gasteiger partial charge on any atom is 0.307 e. The zero-order chi connectivity index (χ0) is 18.5. The molecule has 1 rings (SSSR count). The lowest BCUT2D eigenvalue weighted by Crippen LogP contribution is -2.00. The summed E-state index contributed by atoms with van der Waals surface area (Å²) in [6.07, 6.45) is 16.5. The molecular weight excluding hydrogens is 316 g/mol. The highest BCUT2D eigenvalue weighted by atomic mass is 16.4. The lowest BCUT2D eigenvalue weighted by atomic mass is 10.0. The number of hydrogen-bond donors (Lipinski definition) is 2. The molecule has 0 aliphatic heterocycles. The molecule has 25 heavy (non-hydrogen) atoms. The van der Waals surface area contributed by atoms with Crippen LogP contribution >= 0.6 is 0 Å². The van der Waals surface area contributed by atoms with Crippen LogP contribution in [0.3, 0.4) is 0 Å². The highest BCUT2D eigenvalue weighted by Crippen LogP contribution is 2.52. The standard InChI is InChI=1S/C21H38O4/c1-2-3-4-5-6-7-8-11-14-17-18(20(17)21(24)25)15-12-9-10-13-16-19(22)23/h17-18,20H,2-16H2,1H3,(H,22,23)(H,24,25). The Labute approximate surface area is 153 Å². The molecule has 146 valence electrons. The number of carbonyl (C=O) groups is 2. The van der Waals surface area contributed by atoms with Crippen molar-refractivity contribution in [2.75, 3.05) is 0 Å². The number of aliphatic carboxylic acids is 2. The van der Waals surface area contributed by atoms with Crippen molar-refractivity contribution in [3.63, 3.8) is 0 Å². The molecule has 0 spiro atoms. The Morgan fingerprint density at radius 3 is 1.56 bits per heavy atom. The Hall–Kier alpha value is -1.06. The monoisotopic (exact) mass is 354 g/mol. The average Bonchev–Trinajstić information content (AvgIpc) is 3.26. The molecule has 0 aromatic heterocycles. The van der Waals surface area contributed by atoms with Crippen molar-refractivity contribution in [1.82, 2.24) is 0 Å². The predicted molar refractivity (Wildman–Crippen MR) is 101 cm³/mol. The van der Waals surface area contributed by atoms with Crippen molar-refractivity contribution in [2.45, 2.75) is 103 Å². The van der Waals surface area contributed by atoms with Gasteiger partial charge in [-0.2, -0.15) is 0 Å². The lowest BCUT2D eigenvalue weighted by Gasteiger charge is -2.02. The van der Waals surface area contributed by atoms with Crippen molar-refractivity contribution < 1.29 is 19.8 Å². The lowest BCUT2D eigenvalue weighted by molar-refractivity contribution is -0.139. The van der Waals surface area contributed by atoms with Crippen LogP contribution in [-0.4, -0.2) is 22.2 Å². The maximum atomic E-state index is 11.4. The van der Waals surface area contributed by atoms with Gasteiger partial charge in [0, 0.05) is 6.42 Å². The largest absolute Gasteiger partial charge is 0.481 e. The van der Waals surface area contributed by atoms with Crippen molar-refractivity contribution in [1.29, 1.82) is 0 Å². The topological polar surface area (TPSA) is 74.6 Å². The van der Waals surface area contributed by atoms with E-state index in [9.17, 15) is 14.7 Å². The molecular formula is C21H38O4. The van der Waals surface area contributed by atoms with Gasteiger partial charge in [-0.15, -0.1) is 0 Å². The van der Waals surface area contributed by atoms with Crippen LogP contribution in [0, 0.1) is 17.8 Å². The fourth-order valence-electron chi connectivity index (χ4n) is 4.12. The summed E-state index contributed by atoms with van der Waals surface area (Å²) in [5.41, 5.74) is 0. The molecule has 0 saturated heterocycles. The molecule has 3 atom stereocenters. The van der Waals surface area contributed by atoms with Gasteiger partial charge in [-0.05, 0) is 31.1 Å². The molecule has 3 unspecified atom stereocenters. The summed E-state index contributed by atoms with van der Waals surface area (Å²) in [5.74, 6) is -0.666. The Balaban J connectivity index is 2.04. The molecule has 1 aliphatic rings. The fourth-order valence-corrected chi connectivity index (χ4v) is 4.12. The van der Waals surface area contributed by atoms with Crippen LogP contribution in [0.2, 0.25) is 0 Å². The first-order chi connectivity index (χ1) is 12.1. The van der Waals surface area contributed by atoms with Crippen LogP contribution in [-0.2, 0) is 9.59 Å². The van der Waals surface area contributed by atoms with Crippen LogP contribution in [0.1, 0.15) is 103 Å². The van der Waals surface area contributed by atoms with Gasteiger partial charge in [-0.3, -0.25) is 9.59 Å². The zero-order valence-corrected chi connectivity index (χ0v) is 16.0. The van der Waals surface area contributed by atoms with Gasteiger partial charge in [0.25, 0.3) is 0 Å². The van der Waals surface area contributed by atoms with Crippen LogP contribution in [0.15, 0.2) is 0 Å². The fraction of sp³-hybridized carbons (Fsp3) is 0.905. The van der Waals surface area contributed by atoms with Crippen molar-refractivity contribution in [3.05, 3.63) is 0 Å². The molecule has 0 amide bonds. The summed E-state index contributed by atoms with van der Waals surface area (Å²) in [5, 5.41) is 18.0. The molecule has 1 saturated carbocycles. The van der Waals surface area contributed by atoms with E-state index in [-0.39, 0.29) is 12.3 Å². The molecule has 4 heteroatoms. The third kappa shape index (κ3) is 9.86. The van der Waals surface area contributed by atoms with Crippen LogP contribution in [0.5, 0.6) is 0 Å². The van der Waals surface area contributed by atoms with Gasteiger partial charge in [0.15, 0.2) is 0 Å². The van der Waals surface area contributed by atoms with E-state index in [0.717, 1.165) is 38.5 Å². The predicted octanol–water partition coefficient (Wildman–Crippen LogP) is 5.89. The van der Waals surface area contributed by atoms with Crippen LogP contribution in [0.4, 0.5) is 0 Å². The highest BCUT2D eigenvalue weighted by molar-refractivity contribution is 5.74. The number of carboxylic acid groups (broad SMARTS) is 2. The molecule has 0 heterocycles. The summed E-state index contributed by atoms with van der Waals surface area (Å²) in [4.78, 5) is 21.8. The SMILES string of the molecule is CCCCCCCCCCC1C(CCCCCCC(=O)O)C1C(=O)O. The normalized spacial score (nSPS) is 22.0. The summed E-state index contributed by atoms with van der Waals surface area (Å²) < 4.78 is 0. The first-order valence-corrected chi connectivity index (χ1v) is 10.5. The molecule has 0 aromatic carbocycles. The Morgan fingerprint density at radius 1 is 0.680 bits per heavy atom. The smallest absolute Gasteiger partial charge is 0.307 e. The second kappa shape index (κ2) is 13.2. The Bertz CT molecular complexity index is 380. The Morgan fingerprint density at radius 2 is 1.12 bits per heavy atom. The van der Waals surface area contributed by atoms with Gasteiger partial charge in [0.2, 0.25) is 0 Å². The third-order valence-corrected chi connectivity index (χ3v) is 5.69. The van der Waals surface area contributed by atoms with Gasteiger partial charge in [-0.1, -0.05) is 77.6 Å². The van der Waals surface area contributed by atoms with Crippen molar-refractivity contribution in [3.8, 4) is 0 Å². The Kier molecular flexibility index (Phi) is 11.6. The summed E-state index contributed by atoms with van der Waals surface area (Å²) in [6, 6.07) is 0. The molecule has 0 bridgehead atoms. The number of hydrogen-bond acceptors (Lipinski definition) is 2. The van der Waals surface area contributed by atoms with Gasteiger partial charge in [0.05, 0.1) is 5.92 Å². The molecule has 0 aromatic rings. The summed E-state index contributed by atoms with van der Waals surface area (Å²) >= 11 is 0. The first kappa shape index (κ1) is 22.0.